The van der Waals surface area contributed by atoms with Crippen LogP contribution in [0.15, 0.2) is 47.6 Å². The molecule has 0 aliphatic carbocycles. The number of hydrazone groups is 1. The molecule has 5 nitrogen and oxygen atoms in total. The number of phenolic OH excluding ortho intramolecular Hbond substituents is 1. The number of urea groups is 1. The number of nitrogens with zero attached hydrogens (tertiary/aromatic N) is 2. The highest BCUT2D eigenvalue weighted by Gasteiger charge is 2.26. The van der Waals surface area contributed by atoms with Crippen molar-refractivity contribution >= 4 is 17.9 Å². The zero-order chi connectivity index (χ0) is 20.4. The first kappa shape index (κ1) is 20.5. The molecule has 2 amide bonds. The van der Waals surface area contributed by atoms with Gasteiger partial charge in [-0.1, -0.05) is 59.7 Å². The van der Waals surface area contributed by atoms with Crippen LogP contribution >= 0.6 is 0 Å². The number of rotatable bonds is 3. The van der Waals surface area contributed by atoms with Crippen molar-refractivity contribution in [2.24, 2.45) is 10.8 Å². The molecular weight excluding hydrogens is 338 g/mol. The maximum absolute atomic E-state index is 11.8. The number of anilines is 1. The van der Waals surface area contributed by atoms with Crippen molar-refractivity contribution in [3.05, 3.63) is 59.2 Å². The van der Waals surface area contributed by atoms with E-state index in [-0.39, 0.29) is 10.8 Å². The standard InChI is InChI=1S/C22H29N3O2/c1-21(2,3)17-12-15(13-18(19(17)26)22(4,5)6)14-24-25(20(23)27)16-10-8-7-9-11-16/h7-14,26H,1-6H3,(H2,23,27)/b24-14+. The first-order valence-electron chi connectivity index (χ1n) is 8.98. The van der Waals surface area contributed by atoms with Crippen LogP contribution in [0.2, 0.25) is 0 Å². The minimum Gasteiger partial charge on any atom is -0.507 e. The van der Waals surface area contributed by atoms with Crippen molar-refractivity contribution < 1.29 is 9.90 Å². The molecule has 2 aromatic rings. The van der Waals surface area contributed by atoms with Gasteiger partial charge in [-0.2, -0.15) is 10.1 Å². The molecule has 2 rings (SSSR count). The Kier molecular flexibility index (Phi) is 5.64. The molecule has 3 N–H and O–H groups in total. The lowest BCUT2D eigenvalue weighted by Crippen LogP contribution is -2.31. The van der Waals surface area contributed by atoms with Crippen molar-refractivity contribution in [2.45, 2.75) is 52.4 Å². The van der Waals surface area contributed by atoms with E-state index in [2.05, 4.69) is 46.6 Å². The summed E-state index contributed by atoms with van der Waals surface area (Å²) in [6, 6.07) is 12.2. The fraction of sp³-hybridized carbons (Fsp3) is 0.364. The van der Waals surface area contributed by atoms with Crippen LogP contribution in [0.4, 0.5) is 10.5 Å². The van der Waals surface area contributed by atoms with Gasteiger partial charge in [-0.25, -0.2) is 4.79 Å². The minimum atomic E-state index is -0.664. The zero-order valence-corrected chi connectivity index (χ0v) is 16.9. The van der Waals surface area contributed by atoms with Crippen LogP contribution in [0, 0.1) is 0 Å². The summed E-state index contributed by atoms with van der Waals surface area (Å²) in [5.41, 5.74) is 8.07. The summed E-state index contributed by atoms with van der Waals surface area (Å²) in [5.74, 6) is 0.307. The molecule has 0 aliphatic heterocycles. The number of primary amides is 1. The van der Waals surface area contributed by atoms with E-state index in [0.717, 1.165) is 21.7 Å². The van der Waals surface area contributed by atoms with Crippen molar-refractivity contribution in [3.63, 3.8) is 0 Å². The van der Waals surface area contributed by atoms with Gasteiger partial charge in [0.1, 0.15) is 5.75 Å². The second-order valence-electron chi connectivity index (χ2n) is 8.69. The zero-order valence-electron chi connectivity index (χ0n) is 16.9. The minimum absolute atomic E-state index is 0.239. The van der Waals surface area contributed by atoms with Gasteiger partial charge < -0.3 is 10.8 Å². The molecule has 0 fully saturated rings. The molecule has 5 heteroatoms. The Labute approximate surface area is 161 Å². The summed E-state index contributed by atoms with van der Waals surface area (Å²) in [7, 11) is 0. The first-order chi connectivity index (χ1) is 12.4. The highest BCUT2D eigenvalue weighted by molar-refractivity contribution is 5.93. The molecule has 0 aromatic heterocycles. The highest BCUT2D eigenvalue weighted by Crippen LogP contribution is 2.39. The van der Waals surface area contributed by atoms with Crippen LogP contribution in [0.5, 0.6) is 5.75 Å². The lowest BCUT2D eigenvalue weighted by molar-refractivity contribution is 0.254. The summed E-state index contributed by atoms with van der Waals surface area (Å²) in [4.78, 5) is 11.8. The number of hydrogen-bond donors (Lipinski definition) is 2. The third-order valence-corrected chi connectivity index (χ3v) is 4.28. The molecule has 2 aromatic carbocycles. The molecule has 0 spiro atoms. The van der Waals surface area contributed by atoms with Crippen LogP contribution in [-0.2, 0) is 10.8 Å². The molecular formula is C22H29N3O2. The van der Waals surface area contributed by atoms with Gasteiger partial charge in [-0.15, -0.1) is 0 Å². The van der Waals surface area contributed by atoms with E-state index in [4.69, 9.17) is 5.73 Å². The van der Waals surface area contributed by atoms with E-state index in [9.17, 15) is 9.90 Å². The Hall–Kier alpha value is -2.82. The van der Waals surface area contributed by atoms with Gasteiger partial charge >= 0.3 is 6.03 Å². The lowest BCUT2D eigenvalue weighted by atomic mass is 9.78. The van der Waals surface area contributed by atoms with Crippen molar-refractivity contribution in [3.8, 4) is 5.75 Å². The summed E-state index contributed by atoms with van der Waals surface area (Å²) in [6.07, 6.45) is 1.60. The second-order valence-corrected chi connectivity index (χ2v) is 8.69. The number of aromatic hydroxyl groups is 1. The Morgan fingerprint density at radius 2 is 1.48 bits per heavy atom. The monoisotopic (exact) mass is 367 g/mol. The lowest BCUT2D eigenvalue weighted by Gasteiger charge is -2.27. The molecule has 0 saturated heterocycles. The molecule has 0 atom stereocenters. The number of para-hydroxylation sites is 1. The van der Waals surface area contributed by atoms with Gasteiger partial charge in [0.05, 0.1) is 11.9 Å². The molecule has 144 valence electrons. The maximum atomic E-state index is 11.8. The van der Waals surface area contributed by atoms with Gasteiger partial charge in [0.2, 0.25) is 0 Å². The number of benzene rings is 2. The first-order valence-corrected chi connectivity index (χ1v) is 8.98. The highest BCUT2D eigenvalue weighted by atomic mass is 16.3. The SMILES string of the molecule is CC(C)(C)c1cc(/C=N/N(C(N)=O)c2ccccc2)cc(C(C)(C)C)c1O. The summed E-state index contributed by atoms with van der Waals surface area (Å²) in [5, 5.41) is 16.2. The number of phenols is 1. The van der Waals surface area contributed by atoms with Gasteiger partial charge in [-0.3, -0.25) is 0 Å². The molecule has 0 aliphatic rings. The Morgan fingerprint density at radius 1 is 1.00 bits per heavy atom. The molecule has 0 radical (unpaired) electrons. The number of nitrogens with two attached hydrogens (primary N) is 1. The Morgan fingerprint density at radius 3 is 1.89 bits per heavy atom. The largest absolute Gasteiger partial charge is 0.507 e. The van der Waals surface area contributed by atoms with Crippen molar-refractivity contribution in [1.82, 2.24) is 0 Å². The van der Waals surface area contributed by atoms with Crippen LogP contribution < -0.4 is 10.7 Å². The van der Waals surface area contributed by atoms with E-state index < -0.39 is 6.03 Å². The van der Waals surface area contributed by atoms with Crippen molar-refractivity contribution in [1.29, 1.82) is 0 Å². The van der Waals surface area contributed by atoms with Crippen LogP contribution in [0.25, 0.3) is 0 Å². The predicted octanol–water partition coefficient (Wildman–Crippen LogP) is 4.91. The molecule has 27 heavy (non-hydrogen) atoms. The number of amides is 2. The number of carbonyl (C=O) groups excluding carboxylic acids is 1. The predicted molar refractivity (Wildman–Crippen MR) is 112 cm³/mol. The van der Waals surface area contributed by atoms with E-state index in [0.29, 0.717) is 11.4 Å². The van der Waals surface area contributed by atoms with E-state index in [1.807, 2.05) is 30.3 Å². The average molecular weight is 367 g/mol. The fourth-order valence-corrected chi connectivity index (χ4v) is 2.82. The molecule has 0 unspecified atom stereocenters. The molecule has 0 saturated carbocycles. The van der Waals surface area contributed by atoms with E-state index in [1.165, 1.54) is 0 Å². The quantitative estimate of drug-likeness (QED) is 0.597. The summed E-state index contributed by atoms with van der Waals surface area (Å²) in [6.45, 7) is 12.3. The van der Waals surface area contributed by atoms with E-state index >= 15 is 0 Å². The van der Waals surface area contributed by atoms with Gasteiger partial charge in [0, 0.05) is 11.1 Å². The molecule has 0 heterocycles. The number of hydrogen-bond acceptors (Lipinski definition) is 3. The van der Waals surface area contributed by atoms with Gasteiger partial charge in [0.15, 0.2) is 0 Å². The third-order valence-electron chi connectivity index (χ3n) is 4.28. The topological polar surface area (TPSA) is 78.9 Å². The van der Waals surface area contributed by atoms with E-state index in [1.54, 1.807) is 18.3 Å². The summed E-state index contributed by atoms with van der Waals surface area (Å²) < 4.78 is 0. The second kappa shape index (κ2) is 7.43. The smallest absolute Gasteiger partial charge is 0.340 e. The Balaban J connectivity index is 2.54. The average Bonchev–Trinajstić information content (AvgIpc) is 2.54. The van der Waals surface area contributed by atoms with Crippen LogP contribution in [0.3, 0.4) is 0 Å². The third kappa shape index (κ3) is 4.88. The van der Waals surface area contributed by atoms with Gasteiger partial charge in [0.25, 0.3) is 0 Å². The normalized spacial score (nSPS) is 12.4. The maximum Gasteiger partial charge on any atom is 0.340 e. The number of carbonyl (C=O) groups is 1. The fourth-order valence-electron chi connectivity index (χ4n) is 2.82. The molecule has 0 bridgehead atoms. The van der Waals surface area contributed by atoms with Crippen molar-refractivity contribution in [2.75, 3.05) is 5.01 Å². The van der Waals surface area contributed by atoms with Crippen LogP contribution in [0.1, 0.15) is 58.2 Å². The van der Waals surface area contributed by atoms with Crippen LogP contribution in [-0.4, -0.2) is 17.4 Å². The summed E-state index contributed by atoms with van der Waals surface area (Å²) >= 11 is 0. The van der Waals surface area contributed by atoms with Gasteiger partial charge in [-0.05, 0) is 40.7 Å². The Bertz CT molecular complexity index is 809.